The number of esters is 1. The maximum Gasteiger partial charge on any atom is 0.337 e. The van der Waals surface area contributed by atoms with Crippen LogP contribution in [0.4, 0.5) is 17.5 Å². The summed E-state index contributed by atoms with van der Waals surface area (Å²) in [5.41, 5.74) is 3.01. The van der Waals surface area contributed by atoms with Crippen molar-refractivity contribution in [2.24, 2.45) is 5.92 Å². The molecule has 0 spiro atoms. The van der Waals surface area contributed by atoms with E-state index in [1.807, 2.05) is 42.5 Å². The molecule has 2 aromatic carbocycles. The Morgan fingerprint density at radius 1 is 1.03 bits per heavy atom. The van der Waals surface area contributed by atoms with E-state index in [1.165, 1.54) is 7.11 Å². The molecule has 1 heterocycles. The van der Waals surface area contributed by atoms with Crippen LogP contribution in [-0.2, 0) is 4.74 Å². The van der Waals surface area contributed by atoms with Crippen molar-refractivity contribution in [3.8, 4) is 11.3 Å². The molecule has 0 fully saturated rings. The summed E-state index contributed by atoms with van der Waals surface area (Å²) in [5.74, 6) is 1.44. The highest BCUT2D eigenvalue weighted by Gasteiger charge is 2.10. The third-order valence-electron chi connectivity index (χ3n) is 4.36. The molecule has 0 aliphatic carbocycles. The highest BCUT2D eigenvalue weighted by Crippen LogP contribution is 2.23. The normalized spacial score (nSPS) is 10.6. The van der Waals surface area contributed by atoms with Crippen LogP contribution in [0.1, 0.15) is 30.6 Å². The minimum atomic E-state index is -0.386. The fourth-order valence-corrected chi connectivity index (χ4v) is 2.81. The van der Waals surface area contributed by atoms with Gasteiger partial charge in [-0.25, -0.2) is 9.78 Å². The third kappa shape index (κ3) is 5.78. The van der Waals surface area contributed by atoms with Crippen LogP contribution in [0.15, 0.2) is 60.7 Å². The smallest absolute Gasteiger partial charge is 0.337 e. The van der Waals surface area contributed by atoms with Crippen molar-refractivity contribution < 1.29 is 9.53 Å². The first-order chi connectivity index (χ1) is 14.0. The number of aromatic nitrogens is 2. The summed E-state index contributed by atoms with van der Waals surface area (Å²) in [6, 6.07) is 19.0. The zero-order valence-corrected chi connectivity index (χ0v) is 17.0. The second kappa shape index (κ2) is 9.68. The summed E-state index contributed by atoms with van der Waals surface area (Å²) in [4.78, 5) is 21.0. The van der Waals surface area contributed by atoms with E-state index < -0.39 is 0 Å². The lowest BCUT2D eigenvalue weighted by atomic mass is 10.1. The van der Waals surface area contributed by atoms with Crippen LogP contribution in [0.3, 0.4) is 0 Å². The largest absolute Gasteiger partial charge is 0.465 e. The number of benzene rings is 2. The van der Waals surface area contributed by atoms with Crippen molar-refractivity contribution in [3.05, 3.63) is 66.2 Å². The minimum Gasteiger partial charge on any atom is -0.465 e. The van der Waals surface area contributed by atoms with Gasteiger partial charge in [-0.3, -0.25) is 0 Å². The second-order valence-electron chi connectivity index (χ2n) is 7.13. The maximum absolute atomic E-state index is 11.8. The number of nitrogens with zero attached hydrogens (tertiary/aromatic N) is 2. The number of nitrogens with one attached hydrogen (secondary N) is 2. The predicted octanol–water partition coefficient (Wildman–Crippen LogP) is 5.13. The van der Waals surface area contributed by atoms with Gasteiger partial charge >= 0.3 is 5.97 Å². The number of anilines is 3. The summed E-state index contributed by atoms with van der Waals surface area (Å²) in [7, 11) is 1.37. The van der Waals surface area contributed by atoms with Crippen molar-refractivity contribution in [2.45, 2.75) is 20.3 Å². The molecule has 0 unspecified atom stereocenters. The van der Waals surface area contributed by atoms with Crippen LogP contribution in [0.2, 0.25) is 0 Å². The van der Waals surface area contributed by atoms with Crippen LogP contribution >= 0.6 is 0 Å². The molecule has 1 aromatic heterocycles. The van der Waals surface area contributed by atoms with Gasteiger partial charge in [0.05, 0.1) is 18.4 Å². The molecule has 3 aromatic rings. The molecule has 150 valence electrons. The topological polar surface area (TPSA) is 76.1 Å². The van der Waals surface area contributed by atoms with E-state index in [9.17, 15) is 4.79 Å². The average Bonchev–Trinajstić information content (AvgIpc) is 2.73. The highest BCUT2D eigenvalue weighted by molar-refractivity contribution is 5.90. The van der Waals surface area contributed by atoms with Crippen LogP contribution in [0.5, 0.6) is 0 Å². The Labute approximate surface area is 171 Å². The number of carbonyl (C=O) groups is 1. The molecule has 0 aliphatic rings. The zero-order valence-electron chi connectivity index (χ0n) is 17.0. The first-order valence-corrected chi connectivity index (χ1v) is 9.69. The lowest BCUT2D eigenvalue weighted by Gasteiger charge is -2.12. The van der Waals surface area contributed by atoms with Gasteiger partial charge in [-0.2, -0.15) is 4.98 Å². The van der Waals surface area contributed by atoms with Crippen LogP contribution in [0, 0.1) is 5.92 Å². The first-order valence-electron chi connectivity index (χ1n) is 9.69. The number of hydrogen-bond donors (Lipinski definition) is 2. The number of hydrogen-bond acceptors (Lipinski definition) is 6. The molecule has 0 saturated carbocycles. The summed E-state index contributed by atoms with van der Waals surface area (Å²) in [5, 5.41) is 6.59. The molecule has 0 bridgehead atoms. The summed E-state index contributed by atoms with van der Waals surface area (Å²) in [6.07, 6.45) is 1.05. The van der Waals surface area contributed by atoms with Gasteiger partial charge in [0.1, 0.15) is 5.82 Å². The number of ether oxygens (including phenoxy) is 1. The Morgan fingerprint density at radius 3 is 2.55 bits per heavy atom. The average molecular weight is 390 g/mol. The molecule has 0 saturated heterocycles. The zero-order chi connectivity index (χ0) is 20.6. The molecular weight excluding hydrogens is 364 g/mol. The Bertz CT molecular complexity index is 958. The summed E-state index contributed by atoms with van der Waals surface area (Å²) >= 11 is 0. The summed E-state index contributed by atoms with van der Waals surface area (Å²) in [6.45, 7) is 5.22. The fraction of sp³-hybridized carbons (Fsp3) is 0.261. The van der Waals surface area contributed by atoms with Gasteiger partial charge in [-0.15, -0.1) is 0 Å². The molecule has 29 heavy (non-hydrogen) atoms. The van der Waals surface area contributed by atoms with E-state index in [-0.39, 0.29) is 5.97 Å². The summed E-state index contributed by atoms with van der Waals surface area (Å²) < 4.78 is 4.79. The van der Waals surface area contributed by atoms with E-state index in [2.05, 4.69) is 34.4 Å². The first kappa shape index (κ1) is 20.3. The van der Waals surface area contributed by atoms with Gasteiger partial charge in [0.25, 0.3) is 0 Å². The Balaban J connectivity index is 1.89. The molecule has 6 nitrogen and oxygen atoms in total. The lowest BCUT2D eigenvalue weighted by Crippen LogP contribution is -2.09. The highest BCUT2D eigenvalue weighted by atomic mass is 16.5. The van der Waals surface area contributed by atoms with E-state index in [4.69, 9.17) is 4.74 Å². The Morgan fingerprint density at radius 2 is 1.83 bits per heavy atom. The number of carbonyl (C=O) groups excluding carboxylic acids is 1. The molecule has 2 N–H and O–H groups in total. The van der Waals surface area contributed by atoms with Gasteiger partial charge < -0.3 is 15.4 Å². The Hall–Kier alpha value is -3.41. The fourth-order valence-electron chi connectivity index (χ4n) is 2.81. The number of methoxy groups -OCH3 is 1. The molecule has 6 heteroatoms. The standard InChI is InChI=1S/C23H26N4O2/c1-16(2)12-13-24-21-15-20(17-8-5-4-6-9-17)26-23(27-21)25-19-11-7-10-18(14-19)22(28)29-3/h4-11,14-16H,12-13H2,1-3H3,(H2,24,25,26,27). The van der Waals surface area contributed by atoms with Crippen LogP contribution in [0.25, 0.3) is 11.3 Å². The SMILES string of the molecule is COC(=O)c1cccc(Nc2nc(NCCC(C)C)cc(-c3ccccc3)n2)c1. The molecule has 0 aliphatic heterocycles. The monoisotopic (exact) mass is 390 g/mol. The quantitative estimate of drug-likeness (QED) is 0.519. The van der Waals surface area contributed by atoms with E-state index >= 15 is 0 Å². The lowest BCUT2D eigenvalue weighted by molar-refractivity contribution is 0.0601. The molecule has 0 radical (unpaired) electrons. The molecular formula is C23H26N4O2. The van der Waals surface area contributed by atoms with Gasteiger partial charge in [0, 0.05) is 23.9 Å². The maximum atomic E-state index is 11.8. The van der Waals surface area contributed by atoms with Crippen molar-refractivity contribution >= 4 is 23.4 Å². The number of rotatable bonds is 8. The van der Waals surface area contributed by atoms with Crippen molar-refractivity contribution in [2.75, 3.05) is 24.3 Å². The van der Waals surface area contributed by atoms with Crippen molar-refractivity contribution in [1.29, 1.82) is 0 Å². The Kier molecular flexibility index (Phi) is 6.79. The minimum absolute atomic E-state index is 0.386. The predicted molar refractivity (Wildman–Crippen MR) is 116 cm³/mol. The molecule has 0 atom stereocenters. The van der Waals surface area contributed by atoms with Gasteiger partial charge in [0.2, 0.25) is 5.95 Å². The molecule has 3 rings (SSSR count). The van der Waals surface area contributed by atoms with E-state index in [0.29, 0.717) is 23.1 Å². The second-order valence-corrected chi connectivity index (χ2v) is 7.13. The van der Waals surface area contributed by atoms with E-state index in [1.54, 1.807) is 18.2 Å². The van der Waals surface area contributed by atoms with Crippen LogP contribution in [-0.4, -0.2) is 29.6 Å². The van der Waals surface area contributed by atoms with E-state index in [0.717, 1.165) is 30.0 Å². The molecule has 0 amide bonds. The van der Waals surface area contributed by atoms with Crippen LogP contribution < -0.4 is 10.6 Å². The van der Waals surface area contributed by atoms with Gasteiger partial charge in [0.15, 0.2) is 0 Å². The third-order valence-corrected chi connectivity index (χ3v) is 4.36. The van der Waals surface area contributed by atoms with Gasteiger partial charge in [-0.1, -0.05) is 50.2 Å². The van der Waals surface area contributed by atoms with Gasteiger partial charge in [-0.05, 0) is 30.5 Å². The van der Waals surface area contributed by atoms with Crippen molar-refractivity contribution in [1.82, 2.24) is 9.97 Å². The van der Waals surface area contributed by atoms with Crippen molar-refractivity contribution in [3.63, 3.8) is 0 Å².